The first kappa shape index (κ1) is 7.81. The normalized spacial score (nSPS) is 18.9. The van der Waals surface area contributed by atoms with E-state index in [-0.39, 0.29) is 9.45 Å². The summed E-state index contributed by atoms with van der Waals surface area (Å²) in [5.74, 6) is 0. The van der Waals surface area contributed by atoms with Crippen molar-refractivity contribution in [3.8, 4) is 0 Å². The Morgan fingerprint density at radius 3 is 3.00 bits per heavy atom. The molecule has 0 aliphatic carbocycles. The summed E-state index contributed by atoms with van der Waals surface area (Å²) in [6, 6.07) is 0. The first-order chi connectivity index (χ1) is 4.20. The fourth-order valence-electron chi connectivity index (χ4n) is 0.111. The molecule has 0 heterocycles. The van der Waals surface area contributed by atoms with Gasteiger partial charge in [0.1, 0.15) is 1.12 Å². The van der Waals surface area contributed by atoms with Crippen LogP contribution in [0.4, 0.5) is 0 Å². The highest BCUT2D eigenvalue weighted by Gasteiger charge is 1.82. The van der Waals surface area contributed by atoms with Crippen molar-refractivity contribution in [2.45, 2.75) is 0 Å². The molecule has 0 N–H and O–H groups in total. The van der Waals surface area contributed by atoms with Crippen LogP contribution in [0.2, 0.25) is 0 Å². The van der Waals surface area contributed by atoms with Gasteiger partial charge in [-0.25, -0.2) is 0 Å². The van der Waals surface area contributed by atoms with E-state index in [1.165, 1.54) is 0 Å². The van der Waals surface area contributed by atoms with Crippen molar-refractivity contribution in [2.75, 3.05) is 10.2 Å². The van der Waals surface area contributed by atoms with Gasteiger partial charge in [-0.15, -0.1) is 19.7 Å². The second-order valence-corrected chi connectivity index (χ2v) is 7.85. The summed E-state index contributed by atoms with van der Waals surface area (Å²) in [5.41, 5.74) is 0. The van der Waals surface area contributed by atoms with Crippen LogP contribution in [0.1, 0.15) is 0 Å². The highest BCUT2D eigenvalue weighted by Crippen LogP contribution is 1.84. The lowest BCUT2D eigenvalue weighted by molar-refractivity contribution is 2.17. The molecule has 0 aromatic heterocycles. The SMILES string of the molecule is [3H]S(CS(=S)CS)=S=S. The quantitative estimate of drug-likeness (QED) is 0.657. The van der Waals surface area contributed by atoms with Crippen LogP contribution in [0.25, 0.3) is 0 Å². The van der Waals surface area contributed by atoms with E-state index in [1.54, 1.807) is 0 Å². The predicted molar refractivity (Wildman–Crippen MR) is 56.9 cm³/mol. The molecule has 0 rings (SSSR count). The van der Waals surface area contributed by atoms with Gasteiger partial charge in [0, 0.05) is 10.2 Å². The monoisotopic (exact) mass is 224 g/mol. The van der Waals surface area contributed by atoms with Crippen LogP contribution in [0, 0.1) is 0 Å². The maximum atomic E-state index is 7.25. The average molecular weight is 224 g/mol. The molecule has 0 aromatic carbocycles. The summed E-state index contributed by atoms with van der Waals surface area (Å²) in [7, 11) is 0.564. The minimum Gasteiger partial charge on any atom is -0.168 e. The number of rotatable bonds is 3. The lowest BCUT2D eigenvalue weighted by Crippen LogP contribution is -1.92. The number of hydrogen-bond acceptors (Lipinski definition) is 3. The summed E-state index contributed by atoms with van der Waals surface area (Å²) >= 11 is 13.6. The lowest BCUT2D eigenvalue weighted by Gasteiger charge is -1.90. The Morgan fingerprint density at radius 2 is 2.62 bits per heavy atom. The Balaban J connectivity index is 3.74. The van der Waals surface area contributed by atoms with Crippen LogP contribution in [-0.2, 0) is 50.9 Å². The Hall–Kier alpha value is 1.71. The molecular formula is C2H6S6. The van der Waals surface area contributed by atoms with Gasteiger partial charge in [-0.3, -0.25) is 0 Å². The Morgan fingerprint density at radius 1 is 2.00 bits per heavy atom. The van der Waals surface area contributed by atoms with Crippen LogP contribution < -0.4 is 0 Å². The summed E-state index contributed by atoms with van der Waals surface area (Å²) in [6.45, 7) is 0. The molecule has 0 aliphatic rings. The van der Waals surface area contributed by atoms with Gasteiger partial charge in [0.05, 0.1) is 0 Å². The van der Waals surface area contributed by atoms with Crippen molar-refractivity contribution in [3.63, 3.8) is 0 Å². The summed E-state index contributed by atoms with van der Waals surface area (Å²) < 4.78 is 7.25. The molecule has 2 unspecified atom stereocenters. The molecule has 0 saturated heterocycles. The first-order valence-electron chi connectivity index (χ1n) is 2.09. The Labute approximate surface area is 74.4 Å². The molecule has 0 bridgehead atoms. The minimum atomic E-state index is -0.466. The van der Waals surface area contributed by atoms with Crippen molar-refractivity contribution in [1.29, 1.82) is 1.12 Å². The predicted octanol–water partition coefficient (Wildman–Crippen LogP) is 0.186. The van der Waals surface area contributed by atoms with E-state index < -0.39 is 10.2 Å². The molecule has 2 atom stereocenters. The van der Waals surface area contributed by atoms with Gasteiger partial charge in [-0.2, -0.15) is 12.6 Å². The van der Waals surface area contributed by atoms with Gasteiger partial charge in [-0.1, -0.05) is 11.2 Å². The first-order valence-corrected chi connectivity index (χ1v) is 8.05. The zero-order chi connectivity index (χ0) is 7.28. The fourth-order valence-corrected chi connectivity index (χ4v) is 5.11. The van der Waals surface area contributed by atoms with Gasteiger partial charge in [0.15, 0.2) is 0 Å². The molecule has 6 heteroatoms. The molecule has 0 radical (unpaired) electrons. The topological polar surface area (TPSA) is 0 Å². The van der Waals surface area contributed by atoms with Crippen LogP contribution in [0.5, 0.6) is 0 Å². The van der Waals surface area contributed by atoms with E-state index in [1.807, 2.05) is 0 Å². The largest absolute Gasteiger partial charge is 0.168 e. The second-order valence-electron chi connectivity index (χ2n) is 0.873. The summed E-state index contributed by atoms with van der Waals surface area (Å²) in [5, 5.41) is 1.43. The van der Waals surface area contributed by atoms with E-state index in [9.17, 15) is 0 Å². The Bertz CT molecular complexity index is 156. The molecule has 0 amide bonds. The smallest absolute Gasteiger partial charge is 0.109 e. The van der Waals surface area contributed by atoms with Gasteiger partial charge < -0.3 is 0 Å². The molecule has 0 spiro atoms. The fraction of sp³-hybridized carbons (Fsp3) is 1.00. The molecule has 0 aromatic rings. The molecule has 0 saturated carbocycles. The molecule has 8 heavy (non-hydrogen) atoms. The van der Waals surface area contributed by atoms with Crippen LogP contribution >= 0.6 is 12.6 Å². The highest BCUT2D eigenvalue weighted by molar-refractivity contribution is 8.46. The number of hydrogen-bond donors (Lipinski definition) is 2. The standard InChI is InChI=1S/C2H6S6/c3-1-8(5)2-6-7-4/h3,6H,1-2H2/i6T. The van der Waals surface area contributed by atoms with Crippen molar-refractivity contribution >= 4 is 63.6 Å². The summed E-state index contributed by atoms with van der Waals surface area (Å²) in [6.07, 6.45) is 0. The van der Waals surface area contributed by atoms with Crippen molar-refractivity contribution in [2.24, 2.45) is 0 Å². The minimum absolute atomic E-state index is 0.122. The molecule has 0 fully saturated rings. The van der Waals surface area contributed by atoms with Crippen molar-refractivity contribution < 1.29 is 0 Å². The zero-order valence-electron chi connectivity index (χ0n) is 4.90. The van der Waals surface area contributed by atoms with Crippen LogP contribution in [0.15, 0.2) is 0 Å². The highest BCUT2D eigenvalue weighted by atomic mass is 33.1. The van der Waals surface area contributed by atoms with Gasteiger partial charge >= 0.3 is 0 Å². The maximum Gasteiger partial charge on any atom is 0.109 e. The Kier molecular flexibility index (Phi) is 6.67. The van der Waals surface area contributed by atoms with Crippen LogP contribution in [0.3, 0.4) is 0 Å². The molecule has 0 aliphatic heterocycles. The van der Waals surface area contributed by atoms with Crippen molar-refractivity contribution in [1.82, 2.24) is 0 Å². The third kappa shape index (κ3) is 5.84. The third-order valence-corrected chi connectivity index (χ3v) is 6.89. The van der Waals surface area contributed by atoms with Crippen LogP contribution in [-0.4, -0.2) is 11.3 Å². The molecular weight excluding hydrogens is 216 g/mol. The zero-order valence-corrected chi connectivity index (χ0v) is 8.88. The maximum absolute atomic E-state index is 7.25. The number of thiol groups is 2. The second kappa shape index (κ2) is 6.82. The third-order valence-electron chi connectivity index (χ3n) is 0.372. The van der Waals surface area contributed by atoms with Gasteiger partial charge in [0.2, 0.25) is 0 Å². The van der Waals surface area contributed by atoms with Gasteiger partial charge in [-0.05, 0) is 20.1 Å². The van der Waals surface area contributed by atoms with Crippen molar-refractivity contribution in [3.05, 3.63) is 0 Å². The molecule has 0 nitrogen and oxygen atoms in total. The van der Waals surface area contributed by atoms with Gasteiger partial charge in [0.25, 0.3) is 0 Å². The van der Waals surface area contributed by atoms with E-state index in [4.69, 9.17) is 12.3 Å². The summed E-state index contributed by atoms with van der Waals surface area (Å²) in [4.78, 5) is 0. The van der Waals surface area contributed by atoms with E-state index >= 15 is 0 Å². The van der Waals surface area contributed by atoms with E-state index in [2.05, 4.69) is 23.8 Å². The van der Waals surface area contributed by atoms with E-state index in [0.29, 0.717) is 5.08 Å². The average Bonchev–Trinajstić information content (AvgIpc) is 1.87. The lowest BCUT2D eigenvalue weighted by atomic mass is 11.9. The van der Waals surface area contributed by atoms with E-state index in [0.717, 1.165) is 14.0 Å². The molecule has 50 valence electrons.